The van der Waals surface area contributed by atoms with Crippen molar-refractivity contribution in [2.24, 2.45) is 5.92 Å². The highest BCUT2D eigenvalue weighted by Crippen LogP contribution is 2.26. The van der Waals surface area contributed by atoms with E-state index in [1.54, 1.807) is 13.8 Å². The van der Waals surface area contributed by atoms with Gasteiger partial charge in [-0.2, -0.15) is 0 Å². The highest BCUT2D eigenvalue weighted by Gasteiger charge is 2.33. The number of ether oxygens (including phenoxy) is 1. The fraction of sp³-hybridized carbons (Fsp3) is 0.462. The van der Waals surface area contributed by atoms with E-state index in [1.165, 1.54) is 18.2 Å². The van der Waals surface area contributed by atoms with Crippen molar-refractivity contribution >= 4 is 5.91 Å². The molecular weight excluding hydrogens is 275 g/mol. The van der Waals surface area contributed by atoms with Crippen LogP contribution in [0.5, 0.6) is 5.75 Å². The topological polar surface area (TPSA) is 58.6 Å². The molecule has 0 saturated carbocycles. The zero-order valence-corrected chi connectivity index (χ0v) is 11.1. The van der Waals surface area contributed by atoms with Gasteiger partial charge >= 0.3 is 6.36 Å². The van der Waals surface area contributed by atoms with E-state index in [0.717, 1.165) is 6.07 Å². The minimum atomic E-state index is -4.86. The summed E-state index contributed by atoms with van der Waals surface area (Å²) in [6.07, 6.45) is -4.86. The molecule has 0 aliphatic heterocycles. The van der Waals surface area contributed by atoms with Gasteiger partial charge in [-0.3, -0.25) is 4.79 Å². The Kier molecular flexibility index (Phi) is 5.38. The summed E-state index contributed by atoms with van der Waals surface area (Å²) in [4.78, 5) is 11.9. The molecule has 0 radical (unpaired) electrons. The minimum Gasteiger partial charge on any atom is -0.405 e. The van der Waals surface area contributed by atoms with Crippen LogP contribution in [0.4, 0.5) is 13.2 Å². The molecule has 2 atom stereocenters. The minimum absolute atomic E-state index is 0.137. The number of hydrogen-bond acceptors (Lipinski definition) is 3. The van der Waals surface area contributed by atoms with Crippen LogP contribution in [-0.2, 0) is 0 Å². The number of para-hydroxylation sites is 1. The van der Waals surface area contributed by atoms with Gasteiger partial charge < -0.3 is 15.2 Å². The molecule has 0 aliphatic rings. The predicted molar refractivity (Wildman–Crippen MR) is 66.3 cm³/mol. The van der Waals surface area contributed by atoms with Crippen LogP contribution in [-0.4, -0.2) is 30.0 Å². The molecule has 0 aliphatic carbocycles. The maximum Gasteiger partial charge on any atom is 0.573 e. The average Bonchev–Trinajstić information content (AvgIpc) is 2.36. The second kappa shape index (κ2) is 6.60. The highest BCUT2D eigenvalue weighted by molar-refractivity contribution is 5.97. The number of amides is 1. The average molecular weight is 291 g/mol. The first-order chi connectivity index (χ1) is 9.24. The van der Waals surface area contributed by atoms with E-state index >= 15 is 0 Å². The summed E-state index contributed by atoms with van der Waals surface area (Å²) in [5, 5.41) is 11.5. The van der Waals surface area contributed by atoms with Gasteiger partial charge in [-0.05, 0) is 25.0 Å². The van der Waals surface area contributed by atoms with Crippen molar-refractivity contribution in [2.75, 3.05) is 6.61 Å². The number of rotatable bonds is 5. The lowest BCUT2D eigenvalue weighted by molar-refractivity contribution is -0.274. The van der Waals surface area contributed by atoms with Crippen molar-refractivity contribution in [2.45, 2.75) is 26.3 Å². The van der Waals surface area contributed by atoms with Crippen molar-refractivity contribution < 1.29 is 27.8 Å². The Morgan fingerprint density at radius 2 is 1.95 bits per heavy atom. The summed E-state index contributed by atoms with van der Waals surface area (Å²) in [5.41, 5.74) is -0.207. The largest absolute Gasteiger partial charge is 0.573 e. The molecule has 0 spiro atoms. The number of alkyl halides is 3. The number of carbonyl (C=O) groups excluding carboxylic acids is 1. The quantitative estimate of drug-likeness (QED) is 0.875. The third-order valence-electron chi connectivity index (χ3n) is 2.86. The molecule has 1 amide bonds. The lowest BCUT2D eigenvalue weighted by Gasteiger charge is -2.20. The second-order valence-electron chi connectivity index (χ2n) is 4.47. The molecule has 1 aromatic rings. The Bertz CT molecular complexity index is 462. The van der Waals surface area contributed by atoms with Gasteiger partial charge in [-0.25, -0.2) is 0 Å². The zero-order valence-electron chi connectivity index (χ0n) is 11.1. The summed E-state index contributed by atoms with van der Waals surface area (Å²) in [6.45, 7) is 3.23. The second-order valence-corrected chi connectivity index (χ2v) is 4.47. The van der Waals surface area contributed by atoms with Gasteiger partial charge in [0.15, 0.2) is 0 Å². The molecule has 0 bridgehead atoms. The molecule has 1 aromatic carbocycles. The number of benzene rings is 1. The van der Waals surface area contributed by atoms with Crippen LogP contribution in [0.2, 0.25) is 0 Å². The maximum atomic E-state index is 12.2. The lowest BCUT2D eigenvalue weighted by Crippen LogP contribution is -2.38. The maximum absolute atomic E-state index is 12.2. The molecule has 20 heavy (non-hydrogen) atoms. The molecule has 0 fully saturated rings. The Morgan fingerprint density at radius 1 is 1.35 bits per heavy atom. The first-order valence-corrected chi connectivity index (χ1v) is 6.01. The zero-order chi connectivity index (χ0) is 15.3. The van der Waals surface area contributed by atoms with Crippen LogP contribution in [0.1, 0.15) is 24.2 Å². The Balaban J connectivity index is 2.88. The highest BCUT2D eigenvalue weighted by atomic mass is 19.4. The van der Waals surface area contributed by atoms with Crippen LogP contribution in [0.3, 0.4) is 0 Å². The van der Waals surface area contributed by atoms with Crippen LogP contribution < -0.4 is 10.1 Å². The summed E-state index contributed by atoms with van der Waals surface area (Å²) < 4.78 is 40.5. The van der Waals surface area contributed by atoms with Gasteiger partial charge in [0.25, 0.3) is 5.91 Å². The number of aliphatic hydroxyl groups is 1. The van der Waals surface area contributed by atoms with E-state index in [1.807, 2.05) is 0 Å². The van der Waals surface area contributed by atoms with Gasteiger partial charge in [-0.1, -0.05) is 19.1 Å². The van der Waals surface area contributed by atoms with Crippen LogP contribution in [0.15, 0.2) is 24.3 Å². The lowest BCUT2D eigenvalue weighted by atomic mass is 10.0. The van der Waals surface area contributed by atoms with Crippen LogP contribution in [0.25, 0.3) is 0 Å². The number of halogens is 3. The molecular formula is C13H16F3NO3. The third-order valence-corrected chi connectivity index (χ3v) is 2.86. The van der Waals surface area contributed by atoms with Crippen molar-refractivity contribution in [3.63, 3.8) is 0 Å². The summed E-state index contributed by atoms with van der Waals surface area (Å²) in [7, 11) is 0. The Hall–Kier alpha value is -1.76. The first-order valence-electron chi connectivity index (χ1n) is 6.01. The van der Waals surface area contributed by atoms with Gasteiger partial charge in [-0.15, -0.1) is 13.2 Å². The number of carbonyl (C=O) groups is 1. The molecule has 112 valence electrons. The summed E-state index contributed by atoms with van der Waals surface area (Å²) in [6, 6.07) is 4.72. The van der Waals surface area contributed by atoms with Crippen molar-refractivity contribution in [3.05, 3.63) is 29.8 Å². The van der Waals surface area contributed by atoms with E-state index < -0.39 is 18.0 Å². The van der Waals surface area contributed by atoms with Crippen molar-refractivity contribution in [1.82, 2.24) is 5.32 Å². The molecule has 0 saturated heterocycles. The normalized spacial score (nSPS) is 14.5. The SMILES string of the molecule is CC(CO)C(C)NC(=O)c1ccccc1OC(F)(F)F. The fourth-order valence-corrected chi connectivity index (χ4v) is 1.45. The van der Waals surface area contributed by atoms with Gasteiger partial charge in [0.05, 0.1) is 5.56 Å². The van der Waals surface area contributed by atoms with E-state index in [-0.39, 0.29) is 24.1 Å². The van der Waals surface area contributed by atoms with Crippen molar-refractivity contribution in [3.8, 4) is 5.75 Å². The molecule has 1 rings (SSSR count). The molecule has 0 heterocycles. The molecule has 0 aromatic heterocycles. The number of nitrogens with one attached hydrogen (secondary N) is 1. The smallest absolute Gasteiger partial charge is 0.405 e. The summed E-state index contributed by atoms with van der Waals surface area (Å²) >= 11 is 0. The Labute approximate surface area is 114 Å². The Morgan fingerprint density at radius 3 is 2.50 bits per heavy atom. The standard InChI is InChI=1S/C13H16F3NO3/c1-8(7-18)9(2)17-12(19)10-5-3-4-6-11(10)20-13(14,15)16/h3-6,8-9,18H,7H2,1-2H3,(H,17,19). The van der Waals surface area contributed by atoms with Gasteiger partial charge in [0.1, 0.15) is 5.75 Å². The van der Waals surface area contributed by atoms with E-state index in [0.29, 0.717) is 0 Å². The van der Waals surface area contributed by atoms with Crippen LogP contribution in [0, 0.1) is 5.92 Å². The first kappa shape index (κ1) is 16.3. The molecule has 7 heteroatoms. The van der Waals surface area contributed by atoms with Gasteiger partial charge in [0.2, 0.25) is 0 Å². The summed E-state index contributed by atoms with van der Waals surface area (Å²) in [5.74, 6) is -1.45. The fourth-order valence-electron chi connectivity index (χ4n) is 1.45. The number of aliphatic hydroxyl groups excluding tert-OH is 1. The molecule has 4 nitrogen and oxygen atoms in total. The van der Waals surface area contributed by atoms with E-state index in [2.05, 4.69) is 10.1 Å². The van der Waals surface area contributed by atoms with Crippen molar-refractivity contribution in [1.29, 1.82) is 0 Å². The van der Waals surface area contributed by atoms with Gasteiger partial charge in [0, 0.05) is 12.6 Å². The third kappa shape index (κ3) is 4.73. The molecule has 2 N–H and O–H groups in total. The molecule has 2 unspecified atom stereocenters. The monoisotopic (exact) mass is 291 g/mol. The van der Waals surface area contributed by atoms with Crippen LogP contribution >= 0.6 is 0 Å². The number of hydrogen-bond donors (Lipinski definition) is 2. The predicted octanol–water partition coefficient (Wildman–Crippen LogP) is 2.33. The van der Waals surface area contributed by atoms with E-state index in [9.17, 15) is 18.0 Å². The van der Waals surface area contributed by atoms with E-state index in [4.69, 9.17) is 5.11 Å².